The lowest BCUT2D eigenvalue weighted by atomic mass is 9.77. The molecule has 4 rings (SSSR count). The zero-order chi connectivity index (χ0) is 24.8. The fraction of sp³-hybridized carbons (Fsp3) is 0.586. The minimum Gasteiger partial charge on any atom is -0.485 e. The Hall–Kier alpha value is -2.76. The number of hydrogen-bond acceptors (Lipinski definition) is 4. The quantitative estimate of drug-likeness (QED) is 0.474. The van der Waals surface area contributed by atoms with Crippen LogP contribution in [0.2, 0.25) is 0 Å². The highest BCUT2D eigenvalue weighted by molar-refractivity contribution is 5.92. The number of nitrogens with one attached hydrogen (secondary N) is 2. The monoisotopic (exact) mass is 479 g/mol. The standard InChI is InChI=1S/C29H41N3O3/c1-4-6-14-29(15-7-5-2)21(3)18-23(19-27(30)31-29)22-12-16-32(17-13-22)28(33)26-20-34-24-10-8-9-11-25(24)35-26/h8-11,19,22,26H,3-7,12-18,20H2,1-2H3,(H2,30,31). The molecule has 1 amide bonds. The van der Waals surface area contributed by atoms with E-state index in [4.69, 9.17) is 14.9 Å². The van der Waals surface area contributed by atoms with Gasteiger partial charge in [0.05, 0.1) is 5.54 Å². The summed E-state index contributed by atoms with van der Waals surface area (Å²) in [7, 11) is 0. The molecule has 1 aromatic carbocycles. The number of unbranched alkanes of at least 4 members (excludes halogenated alkanes) is 2. The van der Waals surface area contributed by atoms with Gasteiger partial charge in [-0.05, 0) is 61.8 Å². The second-order valence-electron chi connectivity index (χ2n) is 10.3. The SMILES string of the molecule is C=C1CC(C2CCN(C(=O)C3COc4ccccc4O3)CC2)=CC(=N)NC1(CCCC)CCCC. The van der Waals surface area contributed by atoms with Crippen LogP contribution in [0.1, 0.15) is 71.6 Å². The van der Waals surface area contributed by atoms with Gasteiger partial charge in [-0.25, -0.2) is 0 Å². The van der Waals surface area contributed by atoms with Crippen molar-refractivity contribution in [3.63, 3.8) is 0 Å². The summed E-state index contributed by atoms with van der Waals surface area (Å²) in [5.74, 6) is 2.21. The van der Waals surface area contributed by atoms with Crippen LogP contribution in [-0.4, -0.2) is 48.0 Å². The Morgan fingerprint density at radius 3 is 2.46 bits per heavy atom. The van der Waals surface area contributed by atoms with Gasteiger partial charge in [0, 0.05) is 13.1 Å². The van der Waals surface area contributed by atoms with Crippen LogP contribution in [0.3, 0.4) is 0 Å². The van der Waals surface area contributed by atoms with Crippen molar-refractivity contribution < 1.29 is 14.3 Å². The van der Waals surface area contributed by atoms with E-state index in [0.29, 0.717) is 36.3 Å². The molecule has 1 unspecified atom stereocenters. The van der Waals surface area contributed by atoms with E-state index in [-0.39, 0.29) is 18.1 Å². The molecule has 6 nitrogen and oxygen atoms in total. The van der Waals surface area contributed by atoms with Crippen molar-refractivity contribution in [1.82, 2.24) is 10.2 Å². The first-order valence-corrected chi connectivity index (χ1v) is 13.4. The number of fused-ring (bicyclic) bond motifs is 1. The molecule has 3 aliphatic heterocycles. The summed E-state index contributed by atoms with van der Waals surface area (Å²) in [4.78, 5) is 15.1. The van der Waals surface area contributed by atoms with E-state index in [0.717, 1.165) is 57.8 Å². The van der Waals surface area contributed by atoms with E-state index in [1.807, 2.05) is 35.2 Å². The number of benzene rings is 1. The number of likely N-dealkylation sites (tertiary alicyclic amines) is 1. The highest BCUT2D eigenvalue weighted by atomic mass is 16.6. The van der Waals surface area contributed by atoms with Crippen molar-refractivity contribution >= 4 is 11.7 Å². The molecule has 0 bridgehead atoms. The predicted molar refractivity (Wildman–Crippen MR) is 140 cm³/mol. The summed E-state index contributed by atoms with van der Waals surface area (Å²) in [6.45, 7) is 10.6. The molecule has 190 valence electrons. The summed E-state index contributed by atoms with van der Waals surface area (Å²) in [6.07, 6.45) is 10.7. The van der Waals surface area contributed by atoms with Crippen LogP contribution in [-0.2, 0) is 4.79 Å². The molecule has 0 radical (unpaired) electrons. The van der Waals surface area contributed by atoms with Gasteiger partial charge >= 0.3 is 0 Å². The van der Waals surface area contributed by atoms with Gasteiger partial charge in [0.25, 0.3) is 5.91 Å². The van der Waals surface area contributed by atoms with E-state index in [9.17, 15) is 4.79 Å². The number of piperidine rings is 1. The van der Waals surface area contributed by atoms with Gasteiger partial charge in [0.2, 0.25) is 6.10 Å². The molecular weight excluding hydrogens is 438 g/mol. The fourth-order valence-electron chi connectivity index (χ4n) is 5.67. The molecule has 0 aromatic heterocycles. The Kier molecular flexibility index (Phi) is 8.19. The molecule has 1 aromatic rings. The molecule has 1 atom stereocenters. The van der Waals surface area contributed by atoms with E-state index in [1.54, 1.807) is 0 Å². The molecule has 0 aliphatic carbocycles. The minimum absolute atomic E-state index is 0.00441. The Labute approximate surface area is 210 Å². The molecule has 3 heterocycles. The third kappa shape index (κ3) is 5.74. The summed E-state index contributed by atoms with van der Waals surface area (Å²) < 4.78 is 11.7. The van der Waals surface area contributed by atoms with E-state index >= 15 is 0 Å². The first kappa shape index (κ1) is 25.3. The number of carbonyl (C=O) groups excluding carboxylic acids is 1. The molecule has 0 saturated carbocycles. The van der Waals surface area contributed by atoms with Crippen LogP contribution in [0.5, 0.6) is 11.5 Å². The third-order valence-electron chi connectivity index (χ3n) is 7.83. The Morgan fingerprint density at radius 2 is 1.80 bits per heavy atom. The normalized spacial score (nSPS) is 22.3. The number of rotatable bonds is 8. The number of allylic oxidation sites excluding steroid dienone is 1. The lowest BCUT2D eigenvalue weighted by Gasteiger charge is -2.38. The molecule has 35 heavy (non-hydrogen) atoms. The second-order valence-corrected chi connectivity index (χ2v) is 10.3. The summed E-state index contributed by atoms with van der Waals surface area (Å²) >= 11 is 0. The highest BCUT2D eigenvalue weighted by Gasteiger charge is 2.37. The number of carbonyl (C=O) groups is 1. The lowest BCUT2D eigenvalue weighted by molar-refractivity contribution is -0.142. The van der Waals surface area contributed by atoms with Crippen molar-refractivity contribution in [3.05, 3.63) is 48.1 Å². The summed E-state index contributed by atoms with van der Waals surface area (Å²) in [5.41, 5.74) is 2.34. The van der Waals surface area contributed by atoms with Crippen LogP contribution in [0.15, 0.2) is 48.1 Å². The number of nitrogens with zero attached hydrogens (tertiary/aromatic N) is 1. The molecule has 0 spiro atoms. The Balaban J connectivity index is 1.37. The van der Waals surface area contributed by atoms with Crippen LogP contribution in [0, 0.1) is 11.3 Å². The van der Waals surface area contributed by atoms with Crippen molar-refractivity contribution in [1.29, 1.82) is 5.41 Å². The Bertz CT molecular complexity index is 954. The summed E-state index contributed by atoms with van der Waals surface area (Å²) in [5, 5.41) is 12.2. The zero-order valence-electron chi connectivity index (χ0n) is 21.4. The lowest BCUT2D eigenvalue weighted by Crippen LogP contribution is -2.49. The average Bonchev–Trinajstić information content (AvgIpc) is 3.01. The number of para-hydroxylation sites is 2. The number of ether oxygens (including phenoxy) is 2. The van der Waals surface area contributed by atoms with Crippen LogP contribution >= 0.6 is 0 Å². The largest absolute Gasteiger partial charge is 0.485 e. The smallest absolute Gasteiger partial charge is 0.267 e. The summed E-state index contributed by atoms with van der Waals surface area (Å²) in [6, 6.07) is 7.50. The van der Waals surface area contributed by atoms with Crippen molar-refractivity contribution in [2.24, 2.45) is 5.92 Å². The number of amides is 1. The molecule has 1 saturated heterocycles. The van der Waals surface area contributed by atoms with Gasteiger partial charge in [-0.3, -0.25) is 10.2 Å². The van der Waals surface area contributed by atoms with Crippen LogP contribution < -0.4 is 14.8 Å². The maximum Gasteiger partial charge on any atom is 0.267 e. The minimum atomic E-state index is -0.589. The first-order chi connectivity index (χ1) is 17.0. The van der Waals surface area contributed by atoms with Crippen molar-refractivity contribution in [2.45, 2.75) is 83.3 Å². The molecular formula is C29H41N3O3. The van der Waals surface area contributed by atoms with Gasteiger partial charge in [-0.1, -0.05) is 63.8 Å². The number of amidine groups is 1. The predicted octanol–water partition coefficient (Wildman–Crippen LogP) is 5.64. The van der Waals surface area contributed by atoms with E-state index in [1.165, 1.54) is 11.1 Å². The molecule has 1 fully saturated rings. The fourth-order valence-corrected chi connectivity index (χ4v) is 5.67. The van der Waals surface area contributed by atoms with Crippen molar-refractivity contribution in [2.75, 3.05) is 19.7 Å². The molecule has 6 heteroatoms. The van der Waals surface area contributed by atoms with Gasteiger partial charge in [-0.2, -0.15) is 0 Å². The average molecular weight is 480 g/mol. The molecule has 3 aliphatic rings. The highest BCUT2D eigenvalue weighted by Crippen LogP contribution is 2.38. The second kappa shape index (κ2) is 11.3. The van der Waals surface area contributed by atoms with Crippen LogP contribution in [0.4, 0.5) is 0 Å². The van der Waals surface area contributed by atoms with Gasteiger partial charge in [-0.15, -0.1) is 0 Å². The first-order valence-electron chi connectivity index (χ1n) is 13.4. The Morgan fingerprint density at radius 1 is 1.14 bits per heavy atom. The van der Waals surface area contributed by atoms with Gasteiger partial charge < -0.3 is 19.7 Å². The van der Waals surface area contributed by atoms with Gasteiger partial charge in [0.1, 0.15) is 12.4 Å². The van der Waals surface area contributed by atoms with Crippen LogP contribution in [0.25, 0.3) is 0 Å². The number of hydrogen-bond donors (Lipinski definition) is 2. The third-order valence-corrected chi connectivity index (χ3v) is 7.83. The maximum absolute atomic E-state index is 13.1. The zero-order valence-corrected chi connectivity index (χ0v) is 21.4. The van der Waals surface area contributed by atoms with Gasteiger partial charge in [0.15, 0.2) is 11.5 Å². The topological polar surface area (TPSA) is 74.7 Å². The van der Waals surface area contributed by atoms with E-state index < -0.39 is 6.10 Å². The van der Waals surface area contributed by atoms with E-state index in [2.05, 4.69) is 25.7 Å². The van der Waals surface area contributed by atoms with Crippen molar-refractivity contribution in [3.8, 4) is 11.5 Å². The maximum atomic E-state index is 13.1. The molecule has 2 N–H and O–H groups in total.